The van der Waals surface area contributed by atoms with Gasteiger partial charge in [-0.15, -0.1) is 0 Å². The minimum atomic E-state index is -1.57. The Labute approximate surface area is 82.1 Å². The highest BCUT2D eigenvalue weighted by molar-refractivity contribution is 6.73. The number of ketones is 1. The molecule has 0 heterocycles. The van der Waals surface area contributed by atoms with Crippen molar-refractivity contribution in [1.82, 2.24) is 0 Å². The fourth-order valence-electron chi connectivity index (χ4n) is 1.34. The topological polar surface area (TPSA) is 26.3 Å². The second-order valence-electron chi connectivity index (χ2n) is 3.20. The van der Waals surface area contributed by atoms with Crippen LogP contribution in [-0.4, -0.2) is 20.7 Å². The van der Waals surface area contributed by atoms with Gasteiger partial charge in [0, 0.05) is 0 Å². The van der Waals surface area contributed by atoms with Crippen molar-refractivity contribution in [3.8, 4) is 0 Å². The highest BCUT2D eigenvalue weighted by atomic mass is 28.4. The molecule has 0 unspecified atom stereocenters. The van der Waals surface area contributed by atoms with Crippen molar-refractivity contribution in [1.29, 1.82) is 0 Å². The first kappa shape index (κ1) is 12.6. The quantitative estimate of drug-likeness (QED) is 0.466. The predicted molar refractivity (Wildman–Crippen MR) is 58.4 cm³/mol. The van der Waals surface area contributed by atoms with Crippen molar-refractivity contribution >= 4 is 14.1 Å². The molecular weight excluding hydrogens is 180 g/mol. The summed E-state index contributed by atoms with van der Waals surface area (Å²) in [4.78, 5) is 11.0. The van der Waals surface area contributed by atoms with Crippen molar-refractivity contribution in [3.05, 3.63) is 12.7 Å². The molecule has 3 heteroatoms. The lowest BCUT2D eigenvalue weighted by molar-refractivity contribution is -0.116. The Morgan fingerprint density at radius 3 is 2.08 bits per heavy atom. The van der Waals surface area contributed by atoms with Crippen LogP contribution in [0.4, 0.5) is 0 Å². The molecule has 0 aromatic rings. The van der Waals surface area contributed by atoms with Gasteiger partial charge in [0.1, 0.15) is 0 Å². The van der Waals surface area contributed by atoms with E-state index in [0.29, 0.717) is 0 Å². The van der Waals surface area contributed by atoms with Gasteiger partial charge in [-0.05, 0) is 24.2 Å². The molecule has 0 aliphatic heterocycles. The van der Waals surface area contributed by atoms with Crippen molar-refractivity contribution in [2.75, 3.05) is 6.61 Å². The summed E-state index contributed by atoms with van der Waals surface area (Å²) in [7, 11) is -1.57. The van der Waals surface area contributed by atoms with Crippen LogP contribution in [0.1, 0.15) is 20.8 Å². The van der Waals surface area contributed by atoms with Gasteiger partial charge in [0.05, 0.1) is 6.61 Å². The lowest BCUT2D eigenvalue weighted by atomic mass is 10.4. The Hall–Kier alpha value is -0.413. The molecule has 0 saturated carbocycles. The molecule has 0 N–H and O–H groups in total. The Morgan fingerprint density at radius 2 is 1.77 bits per heavy atom. The summed E-state index contributed by atoms with van der Waals surface area (Å²) in [5.41, 5.74) is 0. The molecular formula is C10H20O2Si. The fourth-order valence-corrected chi connectivity index (χ4v) is 3.90. The van der Waals surface area contributed by atoms with Crippen LogP contribution in [0.2, 0.25) is 18.1 Å². The monoisotopic (exact) mass is 200 g/mol. The standard InChI is InChI=1S/C10H20O2Si/c1-5-10(11)9-12-13(6-2,7-3)8-4/h5H,1,6-9H2,2-4H3. The first-order chi connectivity index (χ1) is 6.14. The molecule has 0 saturated heterocycles. The summed E-state index contributed by atoms with van der Waals surface area (Å²) in [6.07, 6.45) is 1.33. The smallest absolute Gasteiger partial charge is 0.192 e. The second-order valence-corrected chi connectivity index (χ2v) is 7.98. The first-order valence-electron chi connectivity index (χ1n) is 4.93. The zero-order valence-electron chi connectivity index (χ0n) is 8.93. The van der Waals surface area contributed by atoms with E-state index in [-0.39, 0.29) is 12.4 Å². The summed E-state index contributed by atoms with van der Waals surface area (Å²) in [6, 6.07) is 3.26. The predicted octanol–water partition coefficient (Wildman–Crippen LogP) is 2.76. The maximum absolute atomic E-state index is 11.0. The lowest BCUT2D eigenvalue weighted by Crippen LogP contribution is -2.37. The van der Waals surface area contributed by atoms with Gasteiger partial charge < -0.3 is 4.43 Å². The normalized spacial score (nSPS) is 11.3. The van der Waals surface area contributed by atoms with Crippen molar-refractivity contribution < 1.29 is 9.22 Å². The zero-order chi connectivity index (χ0) is 10.3. The fraction of sp³-hybridized carbons (Fsp3) is 0.700. The SMILES string of the molecule is C=CC(=O)CO[Si](CC)(CC)CC. The van der Waals surface area contributed by atoms with Gasteiger partial charge in [-0.2, -0.15) is 0 Å². The van der Waals surface area contributed by atoms with Gasteiger partial charge in [0.2, 0.25) is 0 Å². The van der Waals surface area contributed by atoms with Gasteiger partial charge in [-0.3, -0.25) is 4.79 Å². The van der Waals surface area contributed by atoms with Gasteiger partial charge in [-0.25, -0.2) is 0 Å². The maximum Gasteiger partial charge on any atom is 0.192 e. The number of rotatable bonds is 7. The molecule has 0 atom stereocenters. The molecule has 2 nitrogen and oxygen atoms in total. The van der Waals surface area contributed by atoms with Crippen LogP contribution in [0.25, 0.3) is 0 Å². The van der Waals surface area contributed by atoms with E-state index in [1.807, 2.05) is 0 Å². The third-order valence-electron chi connectivity index (χ3n) is 2.68. The minimum Gasteiger partial charge on any atom is -0.409 e. The molecule has 0 aliphatic carbocycles. The molecule has 13 heavy (non-hydrogen) atoms. The van der Waals surface area contributed by atoms with Gasteiger partial charge in [0.15, 0.2) is 14.1 Å². The highest BCUT2D eigenvalue weighted by Gasteiger charge is 2.28. The van der Waals surface area contributed by atoms with Gasteiger partial charge in [-0.1, -0.05) is 27.4 Å². The lowest BCUT2D eigenvalue weighted by Gasteiger charge is -2.27. The molecule has 0 aromatic heterocycles. The average Bonchev–Trinajstić information content (AvgIpc) is 2.20. The molecule has 76 valence electrons. The van der Waals surface area contributed by atoms with Gasteiger partial charge in [0.25, 0.3) is 0 Å². The maximum atomic E-state index is 11.0. The van der Waals surface area contributed by atoms with E-state index < -0.39 is 8.32 Å². The van der Waals surface area contributed by atoms with Gasteiger partial charge >= 0.3 is 0 Å². The molecule has 0 aliphatic rings. The van der Waals surface area contributed by atoms with Crippen molar-refractivity contribution in [3.63, 3.8) is 0 Å². The molecule has 0 bridgehead atoms. The van der Waals surface area contributed by atoms with Crippen LogP contribution in [0.5, 0.6) is 0 Å². The Morgan fingerprint density at radius 1 is 1.31 bits per heavy atom. The van der Waals surface area contributed by atoms with Crippen LogP contribution in [0.3, 0.4) is 0 Å². The van der Waals surface area contributed by atoms with E-state index >= 15 is 0 Å². The summed E-state index contributed by atoms with van der Waals surface area (Å²) < 4.78 is 5.75. The largest absolute Gasteiger partial charge is 0.409 e. The third-order valence-corrected chi connectivity index (χ3v) is 7.30. The van der Waals surface area contributed by atoms with Crippen LogP contribution >= 0.6 is 0 Å². The number of hydrogen-bond acceptors (Lipinski definition) is 2. The van der Waals surface area contributed by atoms with Crippen molar-refractivity contribution in [2.45, 2.75) is 38.9 Å². The van der Waals surface area contributed by atoms with E-state index in [1.165, 1.54) is 6.08 Å². The second kappa shape index (κ2) is 6.10. The molecule has 0 amide bonds. The van der Waals surface area contributed by atoms with E-state index in [4.69, 9.17) is 4.43 Å². The van der Waals surface area contributed by atoms with E-state index in [1.54, 1.807) is 0 Å². The van der Waals surface area contributed by atoms with E-state index in [9.17, 15) is 4.79 Å². The average molecular weight is 200 g/mol. The summed E-state index contributed by atoms with van der Waals surface area (Å²) >= 11 is 0. The molecule has 0 rings (SSSR count). The molecule has 0 fully saturated rings. The molecule has 0 spiro atoms. The third kappa shape index (κ3) is 3.87. The van der Waals surface area contributed by atoms with Crippen molar-refractivity contribution in [2.24, 2.45) is 0 Å². The Balaban J connectivity index is 4.09. The first-order valence-corrected chi connectivity index (χ1v) is 7.46. The summed E-state index contributed by atoms with van der Waals surface area (Å²) in [5, 5.41) is 0. The van der Waals surface area contributed by atoms with Crippen LogP contribution < -0.4 is 0 Å². The highest BCUT2D eigenvalue weighted by Crippen LogP contribution is 2.21. The number of carbonyl (C=O) groups is 1. The Kier molecular flexibility index (Phi) is 5.91. The van der Waals surface area contributed by atoms with Crippen LogP contribution in [-0.2, 0) is 9.22 Å². The summed E-state index contributed by atoms with van der Waals surface area (Å²) in [5.74, 6) is -0.00720. The molecule has 0 radical (unpaired) electrons. The zero-order valence-corrected chi connectivity index (χ0v) is 9.93. The Bertz CT molecular complexity index is 165. The summed E-state index contributed by atoms with van der Waals surface area (Å²) in [6.45, 7) is 10.1. The number of hydrogen-bond donors (Lipinski definition) is 0. The van der Waals surface area contributed by atoms with E-state index in [0.717, 1.165) is 18.1 Å². The molecule has 0 aromatic carbocycles. The number of carbonyl (C=O) groups excluding carboxylic acids is 1. The minimum absolute atomic E-state index is 0.00720. The van der Waals surface area contributed by atoms with Crippen LogP contribution in [0, 0.1) is 0 Å². The van der Waals surface area contributed by atoms with E-state index in [2.05, 4.69) is 27.4 Å². The van der Waals surface area contributed by atoms with Crippen LogP contribution in [0.15, 0.2) is 12.7 Å².